The predicted octanol–water partition coefficient (Wildman–Crippen LogP) is 2.25. The van der Waals surface area contributed by atoms with Crippen LogP contribution in [0.4, 0.5) is 20.3 Å². The van der Waals surface area contributed by atoms with Crippen molar-refractivity contribution in [3.8, 4) is 0 Å². The third-order valence-electron chi connectivity index (χ3n) is 2.51. The van der Waals surface area contributed by atoms with E-state index in [9.17, 15) is 18.4 Å². The van der Waals surface area contributed by atoms with Gasteiger partial charge in [-0.3, -0.25) is 9.59 Å². The van der Waals surface area contributed by atoms with Crippen LogP contribution in [-0.2, 0) is 9.59 Å². The van der Waals surface area contributed by atoms with Crippen LogP contribution in [0.15, 0.2) is 36.4 Å². The van der Waals surface area contributed by atoms with E-state index in [1.54, 1.807) is 19.1 Å². The Balaban J connectivity index is 2.06. The molecular formula is C14H11F2N3O2. The van der Waals surface area contributed by atoms with Crippen molar-refractivity contribution in [2.75, 3.05) is 10.6 Å². The second-order valence-electron chi connectivity index (χ2n) is 4.20. The fourth-order valence-electron chi connectivity index (χ4n) is 1.56. The number of pyridine rings is 1. The lowest BCUT2D eigenvalue weighted by Gasteiger charge is -2.07. The Hall–Kier alpha value is -2.83. The van der Waals surface area contributed by atoms with Crippen molar-refractivity contribution in [2.45, 2.75) is 6.92 Å². The highest BCUT2D eigenvalue weighted by Gasteiger charge is 2.16. The van der Waals surface area contributed by atoms with Crippen LogP contribution in [-0.4, -0.2) is 16.8 Å². The summed E-state index contributed by atoms with van der Waals surface area (Å²) in [6.07, 6.45) is 0. The average Bonchev–Trinajstić information content (AvgIpc) is 2.43. The zero-order chi connectivity index (χ0) is 15.4. The summed E-state index contributed by atoms with van der Waals surface area (Å²) in [5, 5.41) is 4.25. The fourth-order valence-corrected chi connectivity index (χ4v) is 1.56. The molecule has 0 aliphatic carbocycles. The van der Waals surface area contributed by atoms with Crippen molar-refractivity contribution < 1.29 is 18.4 Å². The van der Waals surface area contributed by atoms with E-state index in [1.807, 2.05) is 5.32 Å². The van der Waals surface area contributed by atoms with Crippen molar-refractivity contribution in [3.63, 3.8) is 0 Å². The van der Waals surface area contributed by atoms with Gasteiger partial charge in [0.1, 0.15) is 17.5 Å². The second-order valence-corrected chi connectivity index (χ2v) is 4.20. The molecule has 0 fully saturated rings. The summed E-state index contributed by atoms with van der Waals surface area (Å²) in [5.41, 5.74) is 0.247. The summed E-state index contributed by atoms with van der Waals surface area (Å²) in [4.78, 5) is 27.3. The number of rotatable bonds is 2. The largest absolute Gasteiger partial charge is 0.315 e. The van der Waals surface area contributed by atoms with Crippen LogP contribution in [0.5, 0.6) is 0 Å². The average molecular weight is 291 g/mol. The molecule has 5 nitrogen and oxygen atoms in total. The molecular weight excluding hydrogens is 280 g/mol. The molecule has 0 saturated carbocycles. The van der Waals surface area contributed by atoms with Crippen molar-refractivity contribution in [1.82, 2.24) is 4.98 Å². The lowest BCUT2D eigenvalue weighted by atomic mass is 10.3. The van der Waals surface area contributed by atoms with E-state index < -0.39 is 29.1 Å². The second kappa shape index (κ2) is 6.08. The van der Waals surface area contributed by atoms with Crippen LogP contribution >= 0.6 is 0 Å². The summed E-state index contributed by atoms with van der Waals surface area (Å²) < 4.78 is 26.3. The van der Waals surface area contributed by atoms with Gasteiger partial charge in [-0.1, -0.05) is 6.07 Å². The number of benzene rings is 1. The van der Waals surface area contributed by atoms with Gasteiger partial charge in [0.05, 0.1) is 5.69 Å². The molecule has 1 heterocycles. The van der Waals surface area contributed by atoms with Crippen molar-refractivity contribution in [2.24, 2.45) is 0 Å². The first-order valence-electron chi connectivity index (χ1n) is 5.97. The fraction of sp³-hybridized carbons (Fsp3) is 0.0714. The lowest BCUT2D eigenvalue weighted by molar-refractivity contribution is -0.133. The van der Waals surface area contributed by atoms with Crippen LogP contribution in [0.3, 0.4) is 0 Å². The highest BCUT2D eigenvalue weighted by molar-refractivity contribution is 6.43. The molecule has 1 aromatic carbocycles. The van der Waals surface area contributed by atoms with Crippen LogP contribution < -0.4 is 10.6 Å². The number of anilines is 2. The summed E-state index contributed by atoms with van der Waals surface area (Å²) in [6, 6.07) is 7.42. The standard InChI is InChI=1S/C14H11F2N3O2/c1-8-3-2-4-12(17-8)19-14(21)13(20)18-11-7-9(15)5-6-10(11)16/h2-7H,1H3,(H,18,20)(H,17,19,21). The van der Waals surface area contributed by atoms with Crippen molar-refractivity contribution >= 4 is 23.3 Å². The van der Waals surface area contributed by atoms with E-state index in [1.165, 1.54) is 6.07 Å². The van der Waals surface area contributed by atoms with Crippen LogP contribution in [0.2, 0.25) is 0 Å². The van der Waals surface area contributed by atoms with E-state index >= 15 is 0 Å². The van der Waals surface area contributed by atoms with Gasteiger partial charge in [-0.2, -0.15) is 0 Å². The highest BCUT2D eigenvalue weighted by Crippen LogP contribution is 2.15. The van der Waals surface area contributed by atoms with E-state index in [0.29, 0.717) is 5.69 Å². The monoisotopic (exact) mass is 291 g/mol. The quantitative estimate of drug-likeness (QED) is 0.834. The summed E-state index contributed by atoms with van der Waals surface area (Å²) >= 11 is 0. The molecule has 7 heteroatoms. The Kier molecular flexibility index (Phi) is 4.22. The maximum absolute atomic E-state index is 13.3. The molecule has 1 aromatic heterocycles. The van der Waals surface area contributed by atoms with Crippen molar-refractivity contribution in [3.05, 3.63) is 53.7 Å². The van der Waals surface area contributed by atoms with Gasteiger partial charge in [-0.05, 0) is 31.2 Å². The van der Waals surface area contributed by atoms with Gasteiger partial charge in [-0.25, -0.2) is 13.8 Å². The predicted molar refractivity (Wildman–Crippen MR) is 72.6 cm³/mol. The van der Waals surface area contributed by atoms with E-state index in [-0.39, 0.29) is 5.82 Å². The van der Waals surface area contributed by atoms with E-state index in [4.69, 9.17) is 0 Å². The Morgan fingerprint density at radius 2 is 1.76 bits per heavy atom. The molecule has 2 N–H and O–H groups in total. The number of carbonyl (C=O) groups excluding carboxylic acids is 2. The number of aromatic nitrogens is 1. The Labute approximate surface area is 119 Å². The number of hydrogen-bond acceptors (Lipinski definition) is 3. The Bertz CT molecular complexity index is 704. The smallest absolute Gasteiger partial charge is 0.315 e. The number of hydrogen-bond donors (Lipinski definition) is 2. The maximum Gasteiger partial charge on any atom is 0.315 e. The van der Waals surface area contributed by atoms with Gasteiger partial charge >= 0.3 is 11.8 Å². The van der Waals surface area contributed by atoms with E-state index in [2.05, 4.69) is 10.3 Å². The number of nitrogens with one attached hydrogen (secondary N) is 2. The van der Waals surface area contributed by atoms with Gasteiger partial charge in [0.15, 0.2) is 0 Å². The first-order chi connectivity index (χ1) is 9.95. The lowest BCUT2D eigenvalue weighted by Crippen LogP contribution is -2.29. The molecule has 0 radical (unpaired) electrons. The topological polar surface area (TPSA) is 71.1 Å². The molecule has 0 unspecified atom stereocenters. The molecule has 2 aromatic rings. The Morgan fingerprint density at radius 3 is 2.48 bits per heavy atom. The SMILES string of the molecule is Cc1cccc(NC(=O)C(=O)Nc2cc(F)ccc2F)n1. The molecule has 108 valence electrons. The number of amides is 2. The molecule has 21 heavy (non-hydrogen) atoms. The molecule has 0 atom stereocenters. The highest BCUT2D eigenvalue weighted by atomic mass is 19.1. The van der Waals surface area contributed by atoms with Crippen LogP contribution in [0, 0.1) is 18.6 Å². The van der Waals surface area contributed by atoms with Gasteiger partial charge in [-0.15, -0.1) is 0 Å². The first-order valence-corrected chi connectivity index (χ1v) is 5.97. The molecule has 0 spiro atoms. The molecule has 0 aliphatic heterocycles. The molecule has 0 saturated heterocycles. The number of nitrogens with zero attached hydrogens (tertiary/aromatic N) is 1. The minimum absolute atomic E-state index is 0.190. The number of aryl methyl sites for hydroxylation is 1. The number of halogens is 2. The first kappa shape index (κ1) is 14.6. The Morgan fingerprint density at radius 1 is 1.05 bits per heavy atom. The van der Waals surface area contributed by atoms with Gasteiger partial charge < -0.3 is 10.6 Å². The van der Waals surface area contributed by atoms with Gasteiger partial charge in [0, 0.05) is 11.8 Å². The molecule has 0 aliphatic rings. The third-order valence-corrected chi connectivity index (χ3v) is 2.51. The van der Waals surface area contributed by atoms with E-state index in [0.717, 1.165) is 18.2 Å². The zero-order valence-electron chi connectivity index (χ0n) is 11.0. The van der Waals surface area contributed by atoms with Gasteiger partial charge in [0.2, 0.25) is 0 Å². The maximum atomic E-state index is 13.3. The van der Waals surface area contributed by atoms with Gasteiger partial charge in [0.25, 0.3) is 0 Å². The normalized spacial score (nSPS) is 10.0. The van der Waals surface area contributed by atoms with Crippen LogP contribution in [0.1, 0.15) is 5.69 Å². The summed E-state index contributed by atoms with van der Waals surface area (Å²) in [6.45, 7) is 1.72. The minimum atomic E-state index is -1.12. The summed E-state index contributed by atoms with van der Waals surface area (Å²) in [5.74, 6) is -3.53. The molecule has 2 rings (SSSR count). The summed E-state index contributed by atoms with van der Waals surface area (Å²) in [7, 11) is 0. The molecule has 0 bridgehead atoms. The number of carbonyl (C=O) groups is 2. The zero-order valence-corrected chi connectivity index (χ0v) is 11.0. The molecule has 2 amide bonds. The third kappa shape index (κ3) is 3.82. The minimum Gasteiger partial charge on any atom is -0.315 e. The van der Waals surface area contributed by atoms with Crippen molar-refractivity contribution in [1.29, 1.82) is 0 Å². The van der Waals surface area contributed by atoms with Crippen LogP contribution in [0.25, 0.3) is 0 Å².